The molecule has 0 unspecified atom stereocenters. The molecule has 1 atom stereocenters. The number of morpholine rings is 1. The Morgan fingerprint density at radius 1 is 1.33 bits per heavy atom. The number of hydrogen-bond acceptors (Lipinski definition) is 4. The van der Waals surface area contributed by atoms with E-state index in [1.165, 1.54) is 11.1 Å². The van der Waals surface area contributed by atoms with Crippen LogP contribution in [0.25, 0.3) is 0 Å². The molecule has 0 saturated carbocycles. The molecule has 4 nitrogen and oxygen atoms in total. The summed E-state index contributed by atoms with van der Waals surface area (Å²) >= 11 is 0. The summed E-state index contributed by atoms with van der Waals surface area (Å²) in [6.07, 6.45) is 0. The summed E-state index contributed by atoms with van der Waals surface area (Å²) in [5.41, 5.74) is 2.72. The molecule has 1 aromatic carbocycles. The van der Waals surface area contributed by atoms with Gasteiger partial charge in [-0.05, 0) is 11.6 Å². The lowest BCUT2D eigenvalue weighted by Crippen LogP contribution is -2.45. The van der Waals surface area contributed by atoms with Crippen LogP contribution < -0.4 is 10.1 Å². The van der Waals surface area contributed by atoms with Gasteiger partial charge in [0.2, 0.25) is 0 Å². The van der Waals surface area contributed by atoms with E-state index >= 15 is 0 Å². The Morgan fingerprint density at radius 2 is 2.17 bits per heavy atom. The van der Waals surface area contributed by atoms with Crippen molar-refractivity contribution in [3.63, 3.8) is 0 Å². The number of rotatable bonds is 2. The number of benzene rings is 1. The Bertz CT molecular complexity index is 402. The van der Waals surface area contributed by atoms with Gasteiger partial charge < -0.3 is 14.8 Å². The van der Waals surface area contributed by atoms with Gasteiger partial charge in [-0.25, -0.2) is 0 Å². The highest BCUT2D eigenvalue weighted by molar-refractivity contribution is 5.44. The van der Waals surface area contributed by atoms with Crippen LogP contribution in [0.3, 0.4) is 0 Å². The normalized spacial score (nSPS) is 24.6. The zero-order valence-electron chi connectivity index (χ0n) is 10.8. The largest absolute Gasteiger partial charge is 0.496 e. The predicted molar refractivity (Wildman–Crippen MR) is 69.8 cm³/mol. The first-order valence-corrected chi connectivity index (χ1v) is 6.58. The Hall–Kier alpha value is -1.10. The first-order chi connectivity index (χ1) is 8.90. The molecule has 1 saturated heterocycles. The number of fused-ring (bicyclic) bond motifs is 1. The zero-order chi connectivity index (χ0) is 12.4. The standard InChI is InChI=1S/C14H20N2O2/c1-17-13-4-2-3-11-9-15-10-12(14(11)13)16-5-7-18-8-6-16/h2-4,12,15H,5-10H2,1H3/t12-/m1/s1. The Morgan fingerprint density at radius 3 is 2.94 bits per heavy atom. The van der Waals surface area contributed by atoms with Crippen molar-refractivity contribution in [2.75, 3.05) is 40.0 Å². The average Bonchev–Trinajstić information content (AvgIpc) is 2.47. The molecule has 1 fully saturated rings. The molecule has 0 aliphatic carbocycles. The molecule has 0 spiro atoms. The minimum Gasteiger partial charge on any atom is -0.496 e. The molecule has 0 aromatic heterocycles. The molecule has 98 valence electrons. The van der Waals surface area contributed by atoms with Gasteiger partial charge in [0.1, 0.15) is 5.75 Å². The topological polar surface area (TPSA) is 33.7 Å². The first kappa shape index (κ1) is 12.0. The van der Waals surface area contributed by atoms with E-state index in [1.807, 2.05) is 0 Å². The quantitative estimate of drug-likeness (QED) is 0.852. The smallest absolute Gasteiger partial charge is 0.124 e. The molecule has 0 radical (unpaired) electrons. The van der Waals surface area contributed by atoms with Crippen molar-refractivity contribution in [3.8, 4) is 5.75 Å². The molecule has 0 bridgehead atoms. The average molecular weight is 248 g/mol. The third kappa shape index (κ3) is 2.11. The molecular formula is C14H20N2O2. The van der Waals surface area contributed by atoms with Crippen molar-refractivity contribution < 1.29 is 9.47 Å². The van der Waals surface area contributed by atoms with Gasteiger partial charge in [-0.3, -0.25) is 4.90 Å². The number of hydrogen-bond donors (Lipinski definition) is 1. The lowest BCUT2D eigenvalue weighted by molar-refractivity contribution is 0.0141. The Labute approximate surface area is 108 Å². The number of ether oxygens (including phenoxy) is 2. The highest BCUT2D eigenvalue weighted by atomic mass is 16.5. The molecule has 4 heteroatoms. The van der Waals surface area contributed by atoms with E-state index in [1.54, 1.807) is 7.11 Å². The molecule has 0 amide bonds. The SMILES string of the molecule is COc1cccc2c1[C@H](N1CCOCC1)CNC2. The third-order valence-corrected chi connectivity index (χ3v) is 3.85. The number of methoxy groups -OCH3 is 1. The van der Waals surface area contributed by atoms with Crippen LogP contribution in [0.2, 0.25) is 0 Å². The molecule has 2 aliphatic rings. The van der Waals surface area contributed by atoms with Gasteiger partial charge in [-0.1, -0.05) is 12.1 Å². The lowest BCUT2D eigenvalue weighted by atomic mass is 9.94. The van der Waals surface area contributed by atoms with Crippen LogP contribution in [0, 0.1) is 0 Å². The van der Waals surface area contributed by atoms with Crippen molar-refractivity contribution in [1.29, 1.82) is 0 Å². The van der Waals surface area contributed by atoms with Gasteiger partial charge in [-0.2, -0.15) is 0 Å². The van der Waals surface area contributed by atoms with E-state index in [2.05, 4.69) is 28.4 Å². The van der Waals surface area contributed by atoms with Crippen molar-refractivity contribution in [2.45, 2.75) is 12.6 Å². The van der Waals surface area contributed by atoms with Crippen molar-refractivity contribution in [2.24, 2.45) is 0 Å². The molecule has 1 aromatic rings. The third-order valence-electron chi connectivity index (χ3n) is 3.85. The fraction of sp³-hybridized carbons (Fsp3) is 0.571. The van der Waals surface area contributed by atoms with Crippen LogP contribution in [0.1, 0.15) is 17.2 Å². The van der Waals surface area contributed by atoms with Crippen LogP contribution in [-0.4, -0.2) is 44.9 Å². The summed E-state index contributed by atoms with van der Waals surface area (Å²) in [7, 11) is 1.76. The maximum atomic E-state index is 5.55. The van der Waals surface area contributed by atoms with Crippen LogP contribution in [0.15, 0.2) is 18.2 Å². The van der Waals surface area contributed by atoms with Gasteiger partial charge in [0.25, 0.3) is 0 Å². The van der Waals surface area contributed by atoms with Gasteiger partial charge in [0.15, 0.2) is 0 Å². The lowest BCUT2D eigenvalue weighted by Gasteiger charge is -2.38. The summed E-state index contributed by atoms with van der Waals surface area (Å²) in [5.74, 6) is 1.02. The van der Waals surface area contributed by atoms with Crippen LogP contribution in [0.5, 0.6) is 5.75 Å². The fourth-order valence-electron chi connectivity index (χ4n) is 2.95. The van der Waals surface area contributed by atoms with E-state index in [9.17, 15) is 0 Å². The number of nitrogens with zero attached hydrogens (tertiary/aromatic N) is 1. The highest BCUT2D eigenvalue weighted by Crippen LogP contribution is 2.34. The van der Waals surface area contributed by atoms with Gasteiger partial charge in [0, 0.05) is 31.7 Å². The Balaban J connectivity index is 1.94. The number of nitrogens with one attached hydrogen (secondary N) is 1. The van der Waals surface area contributed by atoms with Crippen molar-refractivity contribution >= 4 is 0 Å². The Kier molecular flexibility index (Phi) is 3.50. The van der Waals surface area contributed by atoms with E-state index in [0.717, 1.165) is 45.1 Å². The molecule has 2 heterocycles. The molecule has 1 N–H and O–H groups in total. The van der Waals surface area contributed by atoms with E-state index in [4.69, 9.17) is 9.47 Å². The van der Waals surface area contributed by atoms with Crippen LogP contribution in [0.4, 0.5) is 0 Å². The van der Waals surface area contributed by atoms with Crippen molar-refractivity contribution in [3.05, 3.63) is 29.3 Å². The second-order valence-electron chi connectivity index (χ2n) is 4.83. The molecule has 18 heavy (non-hydrogen) atoms. The van der Waals surface area contributed by atoms with Crippen LogP contribution >= 0.6 is 0 Å². The minimum absolute atomic E-state index is 0.411. The van der Waals surface area contributed by atoms with Gasteiger partial charge in [0.05, 0.1) is 26.4 Å². The maximum Gasteiger partial charge on any atom is 0.124 e. The second-order valence-corrected chi connectivity index (χ2v) is 4.83. The van der Waals surface area contributed by atoms with E-state index < -0.39 is 0 Å². The fourth-order valence-corrected chi connectivity index (χ4v) is 2.95. The second kappa shape index (κ2) is 5.26. The van der Waals surface area contributed by atoms with Crippen LogP contribution in [-0.2, 0) is 11.3 Å². The zero-order valence-corrected chi connectivity index (χ0v) is 10.8. The van der Waals surface area contributed by atoms with Crippen molar-refractivity contribution in [1.82, 2.24) is 10.2 Å². The van der Waals surface area contributed by atoms with E-state index in [0.29, 0.717) is 6.04 Å². The summed E-state index contributed by atoms with van der Waals surface area (Å²) in [6.45, 7) is 5.61. The predicted octanol–water partition coefficient (Wildman–Crippen LogP) is 1.17. The summed E-state index contributed by atoms with van der Waals surface area (Å²) in [6, 6.07) is 6.74. The van der Waals surface area contributed by atoms with Gasteiger partial charge >= 0.3 is 0 Å². The van der Waals surface area contributed by atoms with E-state index in [-0.39, 0.29) is 0 Å². The maximum absolute atomic E-state index is 5.55. The first-order valence-electron chi connectivity index (χ1n) is 6.58. The highest BCUT2D eigenvalue weighted by Gasteiger charge is 2.29. The monoisotopic (exact) mass is 248 g/mol. The minimum atomic E-state index is 0.411. The summed E-state index contributed by atoms with van der Waals surface area (Å²) in [4.78, 5) is 2.50. The molecule has 2 aliphatic heterocycles. The molecule has 3 rings (SSSR count). The van der Waals surface area contributed by atoms with Gasteiger partial charge in [-0.15, -0.1) is 0 Å². The summed E-state index contributed by atoms with van der Waals surface area (Å²) in [5, 5.41) is 3.50. The molecular weight excluding hydrogens is 228 g/mol. The summed E-state index contributed by atoms with van der Waals surface area (Å²) < 4.78 is 11.0.